The summed E-state index contributed by atoms with van der Waals surface area (Å²) in [4.78, 5) is 11.7. The molecule has 17 heavy (non-hydrogen) atoms. The highest BCUT2D eigenvalue weighted by atomic mass is 35.5. The van der Waals surface area contributed by atoms with Gasteiger partial charge in [0.25, 0.3) is 5.91 Å². The first-order valence-electron chi connectivity index (χ1n) is 6.29. The van der Waals surface area contributed by atoms with Crippen molar-refractivity contribution in [2.75, 3.05) is 19.6 Å². The number of rotatable bonds is 7. The van der Waals surface area contributed by atoms with Crippen molar-refractivity contribution in [2.24, 2.45) is 0 Å². The van der Waals surface area contributed by atoms with Crippen LogP contribution in [0.15, 0.2) is 12.2 Å². The van der Waals surface area contributed by atoms with Crippen LogP contribution in [0, 0.1) is 0 Å². The second-order valence-corrected chi connectivity index (χ2v) is 4.35. The molecular weight excluding hydrogens is 236 g/mol. The Bertz CT molecular complexity index is 242. The summed E-state index contributed by atoms with van der Waals surface area (Å²) in [6, 6.07) is 0. The topological polar surface area (TPSA) is 29.1 Å². The number of halogens is 1. The average molecular weight is 263 g/mol. The Morgan fingerprint density at radius 3 is 1.82 bits per heavy atom. The van der Waals surface area contributed by atoms with Crippen LogP contribution in [0.5, 0.6) is 0 Å². The molecule has 1 atom stereocenters. The van der Waals surface area contributed by atoms with Gasteiger partial charge in [0.05, 0.1) is 19.6 Å². The van der Waals surface area contributed by atoms with Gasteiger partial charge in [-0.1, -0.05) is 13.5 Å². The van der Waals surface area contributed by atoms with Gasteiger partial charge in [-0.25, -0.2) is 0 Å². The van der Waals surface area contributed by atoms with E-state index in [0.717, 1.165) is 30.5 Å². The van der Waals surface area contributed by atoms with Crippen molar-refractivity contribution < 1.29 is 21.7 Å². The first kappa shape index (κ1) is 18.8. The highest BCUT2D eigenvalue weighted by Crippen LogP contribution is 2.14. The van der Waals surface area contributed by atoms with Gasteiger partial charge in [0.2, 0.25) is 0 Å². The van der Waals surface area contributed by atoms with E-state index in [1.807, 2.05) is 0 Å². The van der Waals surface area contributed by atoms with E-state index < -0.39 is 0 Å². The lowest BCUT2D eigenvalue weighted by molar-refractivity contribution is -0.948. The van der Waals surface area contributed by atoms with E-state index in [1.54, 1.807) is 6.92 Å². The van der Waals surface area contributed by atoms with Crippen LogP contribution in [0.4, 0.5) is 0 Å². The molecule has 0 aliphatic carbocycles. The van der Waals surface area contributed by atoms with E-state index >= 15 is 0 Å². The number of nitrogens with zero attached hydrogens (tertiary/aromatic N) is 1. The molecule has 1 N–H and O–H groups in total. The van der Waals surface area contributed by atoms with Gasteiger partial charge in [0.15, 0.2) is 6.17 Å². The Kier molecular flexibility index (Phi) is 9.45. The minimum absolute atomic E-state index is 0. The van der Waals surface area contributed by atoms with E-state index in [-0.39, 0.29) is 24.5 Å². The number of hydrogen-bond acceptors (Lipinski definition) is 1. The molecule has 0 bridgehead atoms. The van der Waals surface area contributed by atoms with Crippen molar-refractivity contribution in [1.29, 1.82) is 0 Å². The molecule has 0 rings (SSSR count). The Morgan fingerprint density at radius 1 is 1.18 bits per heavy atom. The standard InChI is InChI=1S/C13H26N2O.ClH/c1-7-12(14-13(16)11(5)6)15(8-2,9-3)10-4;/h12H,5,7-10H2,1-4,6H3;1H. The quantitative estimate of drug-likeness (QED) is 0.367. The number of amides is 1. The Labute approximate surface area is 112 Å². The molecule has 0 radical (unpaired) electrons. The van der Waals surface area contributed by atoms with Gasteiger partial charge in [-0.3, -0.25) is 4.79 Å². The SMILES string of the molecule is C=C(C)C(=O)NC(CC)[N+](CC)(CC)CC.[Cl-]. The van der Waals surface area contributed by atoms with Crippen LogP contribution < -0.4 is 17.7 Å². The summed E-state index contributed by atoms with van der Waals surface area (Å²) in [5.41, 5.74) is 0.583. The van der Waals surface area contributed by atoms with Crippen molar-refractivity contribution in [3.05, 3.63) is 12.2 Å². The van der Waals surface area contributed by atoms with Crippen molar-refractivity contribution in [3.63, 3.8) is 0 Å². The van der Waals surface area contributed by atoms with Gasteiger partial charge >= 0.3 is 0 Å². The molecule has 102 valence electrons. The fourth-order valence-corrected chi connectivity index (χ4v) is 2.23. The molecule has 1 amide bonds. The molecule has 0 saturated carbocycles. The van der Waals surface area contributed by atoms with E-state index in [4.69, 9.17) is 0 Å². The maximum Gasteiger partial charge on any atom is 0.250 e. The lowest BCUT2D eigenvalue weighted by Crippen LogP contribution is -3.00. The average Bonchev–Trinajstić information content (AvgIpc) is 2.29. The van der Waals surface area contributed by atoms with Gasteiger partial charge in [-0.2, -0.15) is 0 Å². The molecule has 0 aromatic rings. The highest BCUT2D eigenvalue weighted by Gasteiger charge is 2.32. The zero-order chi connectivity index (χ0) is 12.8. The third-order valence-electron chi connectivity index (χ3n) is 3.62. The first-order chi connectivity index (χ1) is 7.47. The maximum atomic E-state index is 11.7. The summed E-state index contributed by atoms with van der Waals surface area (Å²) < 4.78 is 0.940. The van der Waals surface area contributed by atoms with Crippen LogP contribution in [0.2, 0.25) is 0 Å². The van der Waals surface area contributed by atoms with Crippen LogP contribution in [-0.2, 0) is 4.79 Å². The molecule has 1 unspecified atom stereocenters. The van der Waals surface area contributed by atoms with E-state index in [9.17, 15) is 4.79 Å². The molecule has 4 heteroatoms. The summed E-state index contributed by atoms with van der Waals surface area (Å²) in [6.07, 6.45) is 1.15. The van der Waals surface area contributed by atoms with Gasteiger partial charge in [-0.15, -0.1) is 0 Å². The predicted molar refractivity (Wildman–Crippen MR) is 68.9 cm³/mol. The fraction of sp³-hybridized carbons (Fsp3) is 0.769. The molecular formula is C13H27ClN2O. The minimum atomic E-state index is -0.0234. The summed E-state index contributed by atoms with van der Waals surface area (Å²) in [5.74, 6) is -0.0234. The van der Waals surface area contributed by atoms with Crippen LogP contribution in [0.3, 0.4) is 0 Å². The van der Waals surface area contributed by atoms with Gasteiger partial charge in [0.1, 0.15) is 0 Å². The van der Waals surface area contributed by atoms with Crippen molar-refractivity contribution in [3.8, 4) is 0 Å². The number of quaternary nitrogens is 1. The molecule has 0 heterocycles. The van der Waals surface area contributed by atoms with E-state index in [2.05, 4.69) is 39.6 Å². The van der Waals surface area contributed by atoms with Crippen molar-refractivity contribution >= 4 is 5.91 Å². The zero-order valence-electron chi connectivity index (χ0n) is 11.8. The summed E-state index contributed by atoms with van der Waals surface area (Å²) in [7, 11) is 0. The van der Waals surface area contributed by atoms with Crippen molar-refractivity contribution in [2.45, 2.75) is 47.2 Å². The Balaban J connectivity index is 0. The van der Waals surface area contributed by atoms with Crippen LogP contribution >= 0.6 is 0 Å². The molecule has 0 saturated heterocycles. The van der Waals surface area contributed by atoms with E-state index in [0.29, 0.717) is 5.57 Å². The lowest BCUT2D eigenvalue weighted by Gasteiger charge is -2.42. The minimum Gasteiger partial charge on any atom is -1.00 e. The normalized spacial score (nSPS) is 12.5. The van der Waals surface area contributed by atoms with Crippen LogP contribution in [0.1, 0.15) is 41.0 Å². The smallest absolute Gasteiger partial charge is 0.250 e. The predicted octanol–water partition coefficient (Wildman–Crippen LogP) is -0.705. The second kappa shape index (κ2) is 8.54. The molecule has 0 fully saturated rings. The van der Waals surface area contributed by atoms with Gasteiger partial charge < -0.3 is 22.2 Å². The Morgan fingerprint density at radius 2 is 1.59 bits per heavy atom. The molecule has 0 aliphatic rings. The Hall–Kier alpha value is -0.540. The third kappa shape index (κ3) is 4.68. The van der Waals surface area contributed by atoms with E-state index in [1.165, 1.54) is 0 Å². The number of carbonyl (C=O) groups is 1. The number of nitrogens with one attached hydrogen (secondary N) is 1. The summed E-state index contributed by atoms with van der Waals surface area (Å²) in [5, 5.41) is 3.09. The second-order valence-electron chi connectivity index (χ2n) is 4.35. The number of carbonyl (C=O) groups excluding carboxylic acids is 1. The maximum absolute atomic E-state index is 11.7. The fourth-order valence-electron chi connectivity index (χ4n) is 2.23. The monoisotopic (exact) mass is 262 g/mol. The first-order valence-corrected chi connectivity index (χ1v) is 6.29. The van der Waals surface area contributed by atoms with Crippen LogP contribution in [0.25, 0.3) is 0 Å². The lowest BCUT2D eigenvalue weighted by atomic mass is 10.2. The van der Waals surface area contributed by atoms with Crippen molar-refractivity contribution in [1.82, 2.24) is 5.32 Å². The highest BCUT2D eigenvalue weighted by molar-refractivity contribution is 5.92. The zero-order valence-corrected chi connectivity index (χ0v) is 12.6. The third-order valence-corrected chi connectivity index (χ3v) is 3.62. The van der Waals surface area contributed by atoms with Gasteiger partial charge in [0, 0.05) is 12.0 Å². The summed E-state index contributed by atoms with van der Waals surface area (Å²) >= 11 is 0. The molecule has 0 aromatic carbocycles. The molecule has 3 nitrogen and oxygen atoms in total. The largest absolute Gasteiger partial charge is 1.00 e. The molecule has 0 spiro atoms. The summed E-state index contributed by atoms with van der Waals surface area (Å²) in [6.45, 7) is 17.2. The molecule has 0 aromatic heterocycles. The molecule has 0 aliphatic heterocycles. The number of hydrogen-bond donors (Lipinski definition) is 1. The van der Waals surface area contributed by atoms with Gasteiger partial charge in [-0.05, 0) is 27.7 Å². The van der Waals surface area contributed by atoms with Crippen LogP contribution in [-0.4, -0.2) is 36.2 Å².